The van der Waals surface area contributed by atoms with E-state index in [0.717, 1.165) is 12.3 Å². The molecule has 0 aromatic carbocycles. The van der Waals surface area contributed by atoms with Crippen LogP contribution < -0.4 is 5.73 Å². The van der Waals surface area contributed by atoms with E-state index in [-0.39, 0.29) is 12.4 Å². The van der Waals surface area contributed by atoms with E-state index in [4.69, 9.17) is 5.73 Å². The van der Waals surface area contributed by atoms with Crippen LogP contribution in [0.3, 0.4) is 0 Å². The molecular weight excluding hydrogens is 162 g/mol. The van der Waals surface area contributed by atoms with Crippen molar-refractivity contribution in [3.8, 4) is 0 Å². The first kappa shape index (κ1) is 11.7. The normalized spacial score (nSPS) is 8.25. The van der Waals surface area contributed by atoms with Crippen molar-refractivity contribution >= 4 is 34.0 Å². The summed E-state index contributed by atoms with van der Waals surface area (Å²) in [5.74, 6) is 2.27. The molecule has 0 aromatic heterocycles. The van der Waals surface area contributed by atoms with Crippen LogP contribution in [0.1, 0.15) is 6.92 Å². The molecule has 0 rings (SSSR count). The molecule has 0 fully saturated rings. The number of rotatable bonds is 4. The van der Waals surface area contributed by atoms with Gasteiger partial charge >= 0.3 is 0 Å². The zero-order valence-corrected chi connectivity index (χ0v) is 7.37. The molecule has 0 aliphatic heterocycles. The second-order valence-electron chi connectivity index (χ2n) is 1.02. The number of halogens is 1. The van der Waals surface area contributed by atoms with Gasteiger partial charge in [-0.1, -0.05) is 28.5 Å². The van der Waals surface area contributed by atoms with E-state index in [1.165, 1.54) is 5.75 Å². The third kappa shape index (κ3) is 10.0. The van der Waals surface area contributed by atoms with Crippen molar-refractivity contribution in [2.45, 2.75) is 6.92 Å². The average Bonchev–Trinajstić information content (AvgIpc) is 1.69. The minimum Gasteiger partial charge on any atom is -0.330 e. The quantitative estimate of drug-likeness (QED) is 0.519. The van der Waals surface area contributed by atoms with Gasteiger partial charge in [-0.3, -0.25) is 0 Å². The highest BCUT2D eigenvalue weighted by Crippen LogP contribution is 2.18. The van der Waals surface area contributed by atoms with E-state index in [9.17, 15) is 0 Å². The summed E-state index contributed by atoms with van der Waals surface area (Å²) in [5.41, 5.74) is 5.24. The molecule has 8 heavy (non-hydrogen) atoms. The smallest absolute Gasteiger partial charge is 0.0160 e. The van der Waals surface area contributed by atoms with Crippen LogP contribution in [0.15, 0.2) is 0 Å². The molecular formula is C4H12ClNS2. The first-order valence-electron chi connectivity index (χ1n) is 2.36. The van der Waals surface area contributed by atoms with Crippen LogP contribution in [0.2, 0.25) is 0 Å². The van der Waals surface area contributed by atoms with E-state index in [1.54, 1.807) is 0 Å². The van der Waals surface area contributed by atoms with Crippen molar-refractivity contribution in [1.82, 2.24) is 0 Å². The van der Waals surface area contributed by atoms with Gasteiger partial charge < -0.3 is 5.73 Å². The lowest BCUT2D eigenvalue weighted by Crippen LogP contribution is -1.99. The zero-order chi connectivity index (χ0) is 5.54. The van der Waals surface area contributed by atoms with Crippen molar-refractivity contribution in [2.24, 2.45) is 5.73 Å². The molecule has 0 amide bonds. The molecule has 0 spiro atoms. The Hall–Kier alpha value is 0.950. The topological polar surface area (TPSA) is 26.0 Å². The van der Waals surface area contributed by atoms with Gasteiger partial charge in [-0.15, -0.1) is 12.4 Å². The Morgan fingerprint density at radius 2 is 2.00 bits per heavy atom. The molecule has 0 saturated carbocycles. The van der Waals surface area contributed by atoms with Gasteiger partial charge in [0, 0.05) is 18.1 Å². The number of hydrogen-bond donors (Lipinski definition) is 1. The summed E-state index contributed by atoms with van der Waals surface area (Å²) >= 11 is 0. The highest BCUT2D eigenvalue weighted by Gasteiger charge is 1.80. The Balaban J connectivity index is 0. The first-order valence-corrected chi connectivity index (χ1v) is 4.85. The highest BCUT2D eigenvalue weighted by molar-refractivity contribution is 8.76. The minimum atomic E-state index is 0. The molecule has 0 bridgehead atoms. The Morgan fingerprint density at radius 1 is 1.38 bits per heavy atom. The molecule has 2 N–H and O–H groups in total. The summed E-state index contributed by atoms with van der Waals surface area (Å²) in [7, 11) is 3.71. The lowest BCUT2D eigenvalue weighted by atomic mass is 10.8. The Bertz CT molecular complexity index is 33.2. The lowest BCUT2D eigenvalue weighted by molar-refractivity contribution is 1.16. The van der Waals surface area contributed by atoms with Crippen molar-refractivity contribution in [2.75, 3.05) is 18.1 Å². The second kappa shape index (κ2) is 10.8. The van der Waals surface area contributed by atoms with Gasteiger partial charge in [-0.25, -0.2) is 0 Å². The molecule has 0 heterocycles. The van der Waals surface area contributed by atoms with E-state index in [0.29, 0.717) is 0 Å². The lowest BCUT2D eigenvalue weighted by Gasteiger charge is -1.90. The Morgan fingerprint density at radius 3 is 2.38 bits per heavy atom. The Labute approximate surface area is 65.0 Å². The maximum absolute atomic E-state index is 5.24. The SMILES string of the molecule is CCSSCCN.Cl. The number of hydrogen-bond acceptors (Lipinski definition) is 3. The molecule has 4 heteroatoms. The van der Waals surface area contributed by atoms with Gasteiger partial charge in [0.05, 0.1) is 0 Å². The first-order chi connectivity index (χ1) is 3.41. The molecule has 0 radical (unpaired) electrons. The number of nitrogens with two attached hydrogens (primary N) is 1. The fourth-order valence-corrected chi connectivity index (χ4v) is 1.71. The van der Waals surface area contributed by atoms with Crippen LogP contribution in [0.25, 0.3) is 0 Å². The van der Waals surface area contributed by atoms with Gasteiger partial charge in [-0.05, 0) is 0 Å². The van der Waals surface area contributed by atoms with Crippen LogP contribution in [0, 0.1) is 0 Å². The summed E-state index contributed by atoms with van der Waals surface area (Å²) in [6.07, 6.45) is 0. The van der Waals surface area contributed by atoms with Crippen molar-refractivity contribution < 1.29 is 0 Å². The molecule has 0 aromatic rings. The monoisotopic (exact) mass is 173 g/mol. The van der Waals surface area contributed by atoms with Gasteiger partial charge in [0.25, 0.3) is 0 Å². The van der Waals surface area contributed by atoms with Crippen LogP contribution in [0.5, 0.6) is 0 Å². The third-order valence-corrected chi connectivity index (χ3v) is 2.91. The van der Waals surface area contributed by atoms with Crippen LogP contribution in [-0.4, -0.2) is 18.1 Å². The largest absolute Gasteiger partial charge is 0.330 e. The van der Waals surface area contributed by atoms with Crippen molar-refractivity contribution in [3.05, 3.63) is 0 Å². The molecule has 0 atom stereocenters. The fraction of sp³-hybridized carbons (Fsp3) is 1.00. The third-order valence-electron chi connectivity index (χ3n) is 0.402. The summed E-state index contributed by atoms with van der Waals surface area (Å²) in [6, 6.07) is 0. The predicted molar refractivity (Wildman–Crippen MR) is 46.9 cm³/mol. The summed E-state index contributed by atoms with van der Waals surface area (Å²) in [5, 5.41) is 0. The van der Waals surface area contributed by atoms with E-state index >= 15 is 0 Å². The molecule has 0 aliphatic rings. The van der Waals surface area contributed by atoms with Gasteiger partial charge in [-0.2, -0.15) is 0 Å². The van der Waals surface area contributed by atoms with E-state index in [2.05, 4.69) is 6.92 Å². The summed E-state index contributed by atoms with van der Waals surface area (Å²) < 4.78 is 0. The standard InChI is InChI=1S/C4H11NS2.ClH/c1-2-6-7-4-3-5;/h2-5H2,1H3;1H. The molecule has 0 aliphatic carbocycles. The van der Waals surface area contributed by atoms with Crippen LogP contribution in [0.4, 0.5) is 0 Å². The van der Waals surface area contributed by atoms with Gasteiger partial charge in [0.15, 0.2) is 0 Å². The molecule has 1 nitrogen and oxygen atoms in total. The zero-order valence-electron chi connectivity index (χ0n) is 4.92. The van der Waals surface area contributed by atoms with E-state index in [1.807, 2.05) is 21.6 Å². The average molecular weight is 174 g/mol. The van der Waals surface area contributed by atoms with Gasteiger partial charge in [0.2, 0.25) is 0 Å². The second-order valence-corrected chi connectivity index (χ2v) is 3.89. The summed E-state index contributed by atoms with van der Waals surface area (Å²) in [6.45, 7) is 2.95. The van der Waals surface area contributed by atoms with Crippen LogP contribution in [-0.2, 0) is 0 Å². The fourth-order valence-electron chi connectivity index (χ4n) is 0.190. The minimum absolute atomic E-state index is 0. The molecule has 0 saturated heterocycles. The van der Waals surface area contributed by atoms with Crippen molar-refractivity contribution in [1.29, 1.82) is 0 Å². The Kier molecular flexibility index (Phi) is 15.9. The maximum atomic E-state index is 5.24. The van der Waals surface area contributed by atoms with Crippen LogP contribution >= 0.6 is 34.0 Å². The summed E-state index contributed by atoms with van der Waals surface area (Å²) in [4.78, 5) is 0. The molecule has 52 valence electrons. The van der Waals surface area contributed by atoms with E-state index < -0.39 is 0 Å². The highest BCUT2D eigenvalue weighted by atomic mass is 35.5. The van der Waals surface area contributed by atoms with Gasteiger partial charge in [0.1, 0.15) is 0 Å². The maximum Gasteiger partial charge on any atom is 0.0160 e. The van der Waals surface area contributed by atoms with Crippen molar-refractivity contribution in [3.63, 3.8) is 0 Å². The predicted octanol–water partition coefficient (Wildman–Crippen LogP) is 1.77. The molecule has 0 unspecified atom stereocenters.